The number of nitrogens with zero attached hydrogens (tertiary/aromatic N) is 4. The topological polar surface area (TPSA) is 159 Å². The highest BCUT2D eigenvalue weighted by Gasteiger charge is 2.41. The van der Waals surface area contributed by atoms with Gasteiger partial charge in [-0.25, -0.2) is 17.6 Å². The molecule has 15 heteroatoms. The van der Waals surface area contributed by atoms with Gasteiger partial charge < -0.3 is 24.6 Å². The van der Waals surface area contributed by atoms with E-state index in [2.05, 4.69) is 15.5 Å². The van der Waals surface area contributed by atoms with Gasteiger partial charge in [-0.1, -0.05) is 44.5 Å². The summed E-state index contributed by atoms with van der Waals surface area (Å²) >= 11 is 6.01. The summed E-state index contributed by atoms with van der Waals surface area (Å²) in [6, 6.07) is 9.11. The summed E-state index contributed by atoms with van der Waals surface area (Å²) in [5.41, 5.74) is -0.133. The number of rotatable bonds is 6. The number of ether oxygens (including phenoxy) is 1. The molecule has 2 aromatic heterocycles. The lowest BCUT2D eigenvalue weighted by atomic mass is 9.97. The highest BCUT2D eigenvalue weighted by molar-refractivity contribution is 7.91. The Hall–Kier alpha value is -4.56. The zero-order chi connectivity index (χ0) is 35.2. The number of anilines is 1. The van der Waals surface area contributed by atoms with Crippen molar-refractivity contribution in [1.29, 1.82) is 0 Å². The predicted octanol–water partition coefficient (Wildman–Crippen LogP) is 5.26. The van der Waals surface area contributed by atoms with Crippen LogP contribution in [0.15, 0.2) is 64.2 Å². The molecule has 5 rings (SSSR count). The van der Waals surface area contributed by atoms with E-state index in [-0.39, 0.29) is 29.6 Å². The standard InChI is InChI=1S/C33H35ClFN5O7S/c1-32(2,3)30-38-37-28(46-30)23-13-26-27(14-24(23)35)48(44,45)18-25(36-31(42)47-33(4,5)6)29(41)40(26)17-21-12-20(15-39(43)16-21)11-19-7-9-22(34)10-8-19/h7-10,12-16,25H,11,17-18H2,1-6H3,(H,36,42)/t25-/m0/s1. The zero-order valence-electron chi connectivity index (χ0n) is 27.2. The van der Waals surface area contributed by atoms with Gasteiger partial charge >= 0.3 is 6.09 Å². The number of fused-ring (bicyclic) bond motifs is 1. The van der Waals surface area contributed by atoms with E-state index < -0.39 is 55.4 Å². The van der Waals surface area contributed by atoms with Gasteiger partial charge in [-0.2, -0.15) is 4.73 Å². The van der Waals surface area contributed by atoms with Gasteiger partial charge in [-0.05, 0) is 56.7 Å². The van der Waals surface area contributed by atoms with Crippen molar-refractivity contribution in [2.24, 2.45) is 0 Å². The average molecular weight is 700 g/mol. The van der Waals surface area contributed by atoms with E-state index in [1.165, 1.54) is 12.4 Å². The lowest BCUT2D eigenvalue weighted by molar-refractivity contribution is -0.606. The molecule has 0 unspecified atom stereocenters. The van der Waals surface area contributed by atoms with E-state index in [4.69, 9.17) is 20.8 Å². The summed E-state index contributed by atoms with van der Waals surface area (Å²) in [4.78, 5) is 27.6. The number of hydrogen-bond donors (Lipinski definition) is 1. The molecule has 48 heavy (non-hydrogen) atoms. The Morgan fingerprint density at radius 3 is 2.38 bits per heavy atom. The number of halogens is 2. The van der Waals surface area contributed by atoms with E-state index in [1.54, 1.807) is 39.0 Å². The lowest BCUT2D eigenvalue weighted by Gasteiger charge is -2.27. The minimum absolute atomic E-state index is 0.194. The Balaban J connectivity index is 1.62. The van der Waals surface area contributed by atoms with Crippen LogP contribution < -0.4 is 14.9 Å². The van der Waals surface area contributed by atoms with Crippen LogP contribution in [0.2, 0.25) is 5.02 Å². The van der Waals surface area contributed by atoms with Crippen LogP contribution in [0.1, 0.15) is 64.1 Å². The largest absolute Gasteiger partial charge is 0.619 e. The third-order valence-corrected chi connectivity index (χ3v) is 9.25. The van der Waals surface area contributed by atoms with E-state index >= 15 is 4.39 Å². The van der Waals surface area contributed by atoms with Crippen LogP contribution in [0.25, 0.3) is 11.5 Å². The van der Waals surface area contributed by atoms with Gasteiger partial charge in [-0.15, -0.1) is 10.2 Å². The van der Waals surface area contributed by atoms with Crippen LogP contribution in [-0.2, 0) is 37.7 Å². The monoisotopic (exact) mass is 699 g/mol. The molecule has 1 atom stereocenters. The number of hydrogen-bond acceptors (Lipinski definition) is 9. The molecule has 0 radical (unpaired) electrons. The number of aromatic nitrogens is 3. The van der Waals surface area contributed by atoms with Crippen molar-refractivity contribution in [3.63, 3.8) is 0 Å². The maximum absolute atomic E-state index is 15.7. The highest BCUT2D eigenvalue weighted by Crippen LogP contribution is 2.38. The molecule has 254 valence electrons. The molecule has 1 N–H and O–H groups in total. The number of carbonyl (C=O) groups excluding carboxylic acids is 2. The Morgan fingerprint density at radius 2 is 1.75 bits per heavy atom. The third kappa shape index (κ3) is 7.93. The summed E-state index contributed by atoms with van der Waals surface area (Å²) in [5.74, 6) is -2.69. The Labute approximate surface area is 282 Å². The van der Waals surface area contributed by atoms with Crippen molar-refractivity contribution in [1.82, 2.24) is 15.5 Å². The molecule has 2 aromatic carbocycles. The van der Waals surface area contributed by atoms with Crippen LogP contribution in [-0.4, -0.2) is 48.0 Å². The summed E-state index contributed by atoms with van der Waals surface area (Å²) in [6.45, 7) is 10.0. The molecule has 0 aliphatic carbocycles. The first-order chi connectivity index (χ1) is 22.3. The summed E-state index contributed by atoms with van der Waals surface area (Å²) < 4.78 is 54.8. The van der Waals surface area contributed by atoms with E-state index in [1.807, 2.05) is 32.9 Å². The van der Waals surface area contributed by atoms with Gasteiger partial charge in [0.15, 0.2) is 22.2 Å². The van der Waals surface area contributed by atoms with Crippen molar-refractivity contribution in [2.75, 3.05) is 10.7 Å². The predicted molar refractivity (Wildman–Crippen MR) is 174 cm³/mol. The second kappa shape index (κ2) is 12.8. The van der Waals surface area contributed by atoms with Gasteiger partial charge in [0.1, 0.15) is 17.5 Å². The number of amides is 2. The Kier molecular flexibility index (Phi) is 9.28. The smallest absolute Gasteiger partial charge is 0.408 e. The molecule has 4 aromatic rings. The molecule has 2 amide bonds. The average Bonchev–Trinajstić information content (AvgIpc) is 3.44. The third-order valence-electron chi connectivity index (χ3n) is 7.23. The number of nitrogens with one attached hydrogen (secondary N) is 1. The van der Waals surface area contributed by atoms with Crippen molar-refractivity contribution in [3.8, 4) is 11.5 Å². The molecule has 3 heterocycles. The zero-order valence-corrected chi connectivity index (χ0v) is 28.8. The van der Waals surface area contributed by atoms with Gasteiger partial charge in [0.05, 0.1) is 28.4 Å². The van der Waals surface area contributed by atoms with Gasteiger partial charge in [-0.3, -0.25) is 4.79 Å². The molecule has 1 aliphatic heterocycles. The molecule has 0 saturated heterocycles. The minimum atomic E-state index is -4.39. The summed E-state index contributed by atoms with van der Waals surface area (Å²) in [6.07, 6.45) is 1.96. The van der Waals surface area contributed by atoms with Gasteiger partial charge in [0.25, 0.3) is 11.8 Å². The quantitative estimate of drug-likeness (QED) is 0.209. The number of alkyl carbamates (subject to hydrolysis) is 1. The number of sulfone groups is 1. The fourth-order valence-corrected chi connectivity index (χ4v) is 6.83. The number of pyridine rings is 1. The second-order valence-corrected chi connectivity index (χ2v) is 16.0. The van der Waals surface area contributed by atoms with Crippen LogP contribution in [0, 0.1) is 11.0 Å². The maximum Gasteiger partial charge on any atom is 0.408 e. The normalized spacial score (nSPS) is 16.3. The Bertz CT molecular complexity index is 1990. The number of carbonyl (C=O) groups is 2. The molecule has 0 saturated carbocycles. The second-order valence-electron chi connectivity index (χ2n) is 13.6. The summed E-state index contributed by atoms with van der Waals surface area (Å²) in [5, 5.41) is 23.7. The SMILES string of the molecule is CC(C)(C)OC(=O)N[C@H]1CS(=O)(=O)c2cc(F)c(-c3nnc(C(C)(C)C)o3)cc2N(Cc2cc(Cc3ccc(Cl)cc3)c[n+]([O-])c2)C1=O. The van der Waals surface area contributed by atoms with Gasteiger partial charge in [0.2, 0.25) is 5.89 Å². The summed E-state index contributed by atoms with van der Waals surface area (Å²) in [7, 11) is -4.39. The molecule has 0 spiro atoms. The minimum Gasteiger partial charge on any atom is -0.619 e. The molecule has 0 fully saturated rings. The fraction of sp³-hybridized carbons (Fsp3) is 0.364. The van der Waals surface area contributed by atoms with Crippen LogP contribution >= 0.6 is 11.6 Å². The van der Waals surface area contributed by atoms with Crippen LogP contribution in [0.4, 0.5) is 14.9 Å². The first-order valence-electron chi connectivity index (χ1n) is 15.0. The van der Waals surface area contributed by atoms with Gasteiger partial charge in [0, 0.05) is 28.0 Å². The van der Waals surface area contributed by atoms with Crippen molar-refractivity contribution >= 4 is 39.1 Å². The van der Waals surface area contributed by atoms with E-state index in [0.29, 0.717) is 27.3 Å². The van der Waals surface area contributed by atoms with Crippen LogP contribution in [0.3, 0.4) is 0 Å². The maximum atomic E-state index is 15.7. The van der Waals surface area contributed by atoms with E-state index in [9.17, 15) is 23.2 Å². The van der Waals surface area contributed by atoms with Crippen LogP contribution in [0.5, 0.6) is 0 Å². The lowest BCUT2D eigenvalue weighted by Crippen LogP contribution is -2.51. The van der Waals surface area contributed by atoms with E-state index in [0.717, 1.165) is 22.6 Å². The first kappa shape index (κ1) is 34.8. The highest BCUT2D eigenvalue weighted by atomic mass is 35.5. The Morgan fingerprint density at radius 1 is 1.08 bits per heavy atom. The van der Waals surface area contributed by atoms with Crippen molar-refractivity contribution < 1.29 is 36.3 Å². The molecule has 1 aliphatic rings. The molecular formula is C33H35ClFN5O7S. The number of benzene rings is 2. The molecule has 12 nitrogen and oxygen atoms in total. The van der Waals surface area contributed by atoms with Crippen molar-refractivity contribution in [2.45, 2.75) is 76.5 Å². The van der Waals surface area contributed by atoms with Crippen molar-refractivity contribution in [3.05, 3.63) is 93.5 Å². The fourth-order valence-electron chi connectivity index (χ4n) is 5.09. The first-order valence-corrected chi connectivity index (χ1v) is 17.0. The molecule has 0 bridgehead atoms. The molecular weight excluding hydrogens is 665 g/mol.